The summed E-state index contributed by atoms with van der Waals surface area (Å²) in [6.07, 6.45) is 2.80. The van der Waals surface area contributed by atoms with Crippen molar-refractivity contribution in [2.24, 2.45) is 0 Å². The van der Waals surface area contributed by atoms with E-state index in [1.807, 2.05) is 30.3 Å². The fourth-order valence-electron chi connectivity index (χ4n) is 3.34. The summed E-state index contributed by atoms with van der Waals surface area (Å²) in [5.74, 6) is 0.906. The third kappa shape index (κ3) is 6.30. The molecule has 1 atom stereocenters. The van der Waals surface area contributed by atoms with Gasteiger partial charge < -0.3 is 14.8 Å². The molecule has 138 valence electrons. The fourth-order valence-corrected chi connectivity index (χ4v) is 3.34. The van der Waals surface area contributed by atoms with E-state index in [0.717, 1.165) is 45.1 Å². The summed E-state index contributed by atoms with van der Waals surface area (Å²) >= 11 is 0. The Bertz CT molecular complexity index is 512. The molecule has 0 bridgehead atoms. The van der Waals surface area contributed by atoms with Crippen LogP contribution in [0.25, 0.3) is 0 Å². The van der Waals surface area contributed by atoms with Gasteiger partial charge in [-0.1, -0.05) is 18.2 Å². The van der Waals surface area contributed by atoms with Crippen molar-refractivity contribution in [2.75, 3.05) is 59.0 Å². The van der Waals surface area contributed by atoms with Gasteiger partial charge in [-0.2, -0.15) is 0 Å². The van der Waals surface area contributed by atoms with Crippen molar-refractivity contribution in [3.63, 3.8) is 0 Å². The second-order valence-electron chi connectivity index (χ2n) is 6.72. The van der Waals surface area contributed by atoms with E-state index in [4.69, 9.17) is 9.47 Å². The van der Waals surface area contributed by atoms with Gasteiger partial charge in [0.2, 0.25) is 5.91 Å². The zero-order chi connectivity index (χ0) is 17.3. The van der Waals surface area contributed by atoms with E-state index >= 15 is 0 Å². The summed E-state index contributed by atoms with van der Waals surface area (Å²) in [6.45, 7) is 7.38. The molecule has 2 fully saturated rings. The number of carbonyl (C=O) groups is 1. The molecule has 1 aromatic carbocycles. The first-order chi connectivity index (χ1) is 12.3. The zero-order valence-electron chi connectivity index (χ0n) is 14.9. The van der Waals surface area contributed by atoms with Crippen LogP contribution in [0.3, 0.4) is 0 Å². The normalized spacial score (nSPS) is 22.0. The Labute approximate surface area is 150 Å². The van der Waals surface area contributed by atoms with Gasteiger partial charge >= 0.3 is 0 Å². The van der Waals surface area contributed by atoms with Gasteiger partial charge in [0, 0.05) is 39.3 Å². The van der Waals surface area contributed by atoms with Gasteiger partial charge in [0.25, 0.3) is 0 Å². The van der Waals surface area contributed by atoms with Crippen LogP contribution >= 0.6 is 0 Å². The van der Waals surface area contributed by atoms with Crippen LogP contribution in [0, 0.1) is 0 Å². The number of benzene rings is 1. The highest BCUT2D eigenvalue weighted by atomic mass is 16.5. The maximum atomic E-state index is 12.0. The van der Waals surface area contributed by atoms with E-state index < -0.39 is 0 Å². The predicted octanol–water partition coefficient (Wildman–Crippen LogP) is 0.978. The van der Waals surface area contributed by atoms with Crippen LogP contribution in [0.1, 0.15) is 12.8 Å². The van der Waals surface area contributed by atoms with Crippen molar-refractivity contribution >= 4 is 5.91 Å². The first-order valence-corrected chi connectivity index (χ1v) is 9.30. The number of ether oxygens (including phenoxy) is 2. The lowest BCUT2D eigenvalue weighted by Gasteiger charge is -2.35. The number of piperazine rings is 1. The number of nitrogens with one attached hydrogen (secondary N) is 1. The van der Waals surface area contributed by atoms with Crippen LogP contribution in [0.4, 0.5) is 0 Å². The van der Waals surface area contributed by atoms with E-state index in [1.165, 1.54) is 12.8 Å². The Kier molecular flexibility index (Phi) is 7.09. The van der Waals surface area contributed by atoms with Crippen LogP contribution in [-0.2, 0) is 9.53 Å². The molecule has 6 heteroatoms. The van der Waals surface area contributed by atoms with E-state index in [2.05, 4.69) is 15.1 Å². The summed E-state index contributed by atoms with van der Waals surface area (Å²) in [4.78, 5) is 16.7. The lowest BCUT2D eigenvalue weighted by molar-refractivity contribution is -0.122. The second-order valence-corrected chi connectivity index (χ2v) is 6.72. The topological polar surface area (TPSA) is 54.0 Å². The minimum absolute atomic E-state index is 0.0734. The highest BCUT2D eigenvalue weighted by molar-refractivity contribution is 5.78. The van der Waals surface area contributed by atoms with E-state index in [1.54, 1.807) is 0 Å². The highest BCUT2D eigenvalue weighted by Gasteiger charge is 2.23. The van der Waals surface area contributed by atoms with Gasteiger partial charge in [-0.25, -0.2) is 0 Å². The minimum atomic E-state index is 0.0734. The summed E-state index contributed by atoms with van der Waals surface area (Å²) in [5.41, 5.74) is 0. The Morgan fingerprint density at radius 3 is 2.64 bits per heavy atom. The molecule has 1 aromatic rings. The van der Waals surface area contributed by atoms with Crippen molar-refractivity contribution < 1.29 is 14.3 Å². The van der Waals surface area contributed by atoms with Crippen molar-refractivity contribution in [3.8, 4) is 5.75 Å². The van der Waals surface area contributed by atoms with E-state index in [9.17, 15) is 4.79 Å². The van der Waals surface area contributed by atoms with Crippen LogP contribution in [0.2, 0.25) is 0 Å². The highest BCUT2D eigenvalue weighted by Crippen LogP contribution is 2.14. The summed E-state index contributed by atoms with van der Waals surface area (Å²) < 4.78 is 11.3. The monoisotopic (exact) mass is 347 g/mol. The summed E-state index contributed by atoms with van der Waals surface area (Å²) in [5, 5.41) is 2.93. The zero-order valence-corrected chi connectivity index (χ0v) is 14.9. The van der Waals surface area contributed by atoms with E-state index in [0.29, 0.717) is 25.8 Å². The smallest absolute Gasteiger partial charge is 0.234 e. The molecular weight excluding hydrogens is 318 g/mol. The molecule has 1 unspecified atom stereocenters. The molecule has 6 nitrogen and oxygen atoms in total. The number of rotatable bonds is 8. The Morgan fingerprint density at radius 2 is 1.92 bits per heavy atom. The van der Waals surface area contributed by atoms with Gasteiger partial charge in [-0.05, 0) is 25.0 Å². The van der Waals surface area contributed by atoms with Crippen molar-refractivity contribution in [2.45, 2.75) is 18.9 Å². The summed E-state index contributed by atoms with van der Waals surface area (Å²) in [7, 11) is 0. The molecular formula is C19H29N3O3. The number of carbonyl (C=O) groups excluding carboxylic acids is 1. The van der Waals surface area contributed by atoms with Crippen molar-refractivity contribution in [1.82, 2.24) is 15.1 Å². The first-order valence-electron chi connectivity index (χ1n) is 9.30. The predicted molar refractivity (Wildman–Crippen MR) is 96.8 cm³/mol. The van der Waals surface area contributed by atoms with Crippen molar-refractivity contribution in [3.05, 3.63) is 30.3 Å². The molecule has 1 N–H and O–H groups in total. The fraction of sp³-hybridized carbons (Fsp3) is 0.632. The van der Waals surface area contributed by atoms with Crippen LogP contribution in [0.5, 0.6) is 5.75 Å². The number of para-hydroxylation sites is 1. The average Bonchev–Trinajstić information content (AvgIpc) is 3.14. The molecule has 0 aliphatic carbocycles. The molecule has 0 saturated carbocycles. The van der Waals surface area contributed by atoms with Gasteiger partial charge in [-0.3, -0.25) is 14.6 Å². The quantitative estimate of drug-likeness (QED) is 0.711. The van der Waals surface area contributed by atoms with Gasteiger partial charge in [-0.15, -0.1) is 0 Å². The Morgan fingerprint density at radius 1 is 1.16 bits per heavy atom. The average molecular weight is 347 g/mol. The lowest BCUT2D eigenvalue weighted by Crippen LogP contribution is -2.51. The maximum Gasteiger partial charge on any atom is 0.234 e. The molecule has 2 aliphatic heterocycles. The van der Waals surface area contributed by atoms with Crippen LogP contribution in [0.15, 0.2) is 30.3 Å². The summed E-state index contributed by atoms with van der Waals surface area (Å²) in [6, 6.07) is 9.66. The maximum absolute atomic E-state index is 12.0. The molecule has 0 spiro atoms. The first kappa shape index (κ1) is 18.2. The number of hydrogen-bond donors (Lipinski definition) is 1. The van der Waals surface area contributed by atoms with Crippen LogP contribution in [-0.4, -0.2) is 80.8 Å². The SMILES string of the molecule is O=C(CN1CCN(CC2CCCO2)CC1)NCCOc1ccccc1. The molecule has 2 aliphatic rings. The molecule has 0 aromatic heterocycles. The number of amides is 1. The molecule has 0 radical (unpaired) electrons. The standard InChI is InChI=1S/C19H29N3O3/c23-19(20-8-14-25-17-5-2-1-3-6-17)16-22-11-9-21(10-12-22)15-18-7-4-13-24-18/h1-3,5-6,18H,4,7-16H2,(H,20,23). The molecule has 1 amide bonds. The van der Waals surface area contributed by atoms with Gasteiger partial charge in [0.15, 0.2) is 0 Å². The van der Waals surface area contributed by atoms with Gasteiger partial charge in [0.1, 0.15) is 12.4 Å². The van der Waals surface area contributed by atoms with Crippen LogP contribution < -0.4 is 10.1 Å². The Balaban J connectivity index is 1.25. The van der Waals surface area contributed by atoms with E-state index in [-0.39, 0.29) is 5.91 Å². The second kappa shape index (κ2) is 9.75. The molecule has 2 heterocycles. The third-order valence-corrected chi connectivity index (χ3v) is 4.75. The molecule has 3 rings (SSSR count). The number of nitrogens with zero attached hydrogens (tertiary/aromatic N) is 2. The molecule has 25 heavy (non-hydrogen) atoms. The lowest BCUT2D eigenvalue weighted by atomic mass is 10.2. The largest absolute Gasteiger partial charge is 0.492 e. The third-order valence-electron chi connectivity index (χ3n) is 4.75. The number of hydrogen-bond acceptors (Lipinski definition) is 5. The molecule has 2 saturated heterocycles. The minimum Gasteiger partial charge on any atom is -0.492 e. The van der Waals surface area contributed by atoms with Crippen molar-refractivity contribution in [1.29, 1.82) is 0 Å². The Hall–Kier alpha value is -1.63. The van der Waals surface area contributed by atoms with Gasteiger partial charge in [0.05, 0.1) is 19.2 Å².